The summed E-state index contributed by atoms with van der Waals surface area (Å²) in [4.78, 5) is 13.2. The molecule has 1 atom stereocenters. The van der Waals surface area contributed by atoms with Crippen LogP contribution in [0, 0.1) is 11.8 Å². The van der Waals surface area contributed by atoms with E-state index in [9.17, 15) is 13.2 Å². The average Bonchev–Trinajstić information content (AvgIpc) is 2.82. The molecule has 7 nitrogen and oxygen atoms in total. The van der Waals surface area contributed by atoms with E-state index in [4.69, 9.17) is 9.47 Å². The van der Waals surface area contributed by atoms with Crippen molar-refractivity contribution in [1.29, 1.82) is 0 Å². The maximum Gasteiger partial charge on any atom is 0.243 e. The molecule has 2 aromatic rings. The highest BCUT2D eigenvalue weighted by atomic mass is 32.2. The molecule has 0 spiro atoms. The van der Waals surface area contributed by atoms with E-state index in [2.05, 4.69) is 19.2 Å². The molecule has 0 aromatic heterocycles. The van der Waals surface area contributed by atoms with Gasteiger partial charge >= 0.3 is 0 Å². The topological polar surface area (TPSA) is 84.9 Å². The number of piperidine rings is 1. The van der Waals surface area contributed by atoms with Crippen LogP contribution in [0.4, 0.5) is 0 Å². The van der Waals surface area contributed by atoms with Crippen LogP contribution in [0.3, 0.4) is 0 Å². The lowest BCUT2D eigenvalue weighted by molar-refractivity contribution is -0.127. The molecule has 2 aromatic carbocycles. The van der Waals surface area contributed by atoms with Gasteiger partial charge in [-0.25, -0.2) is 8.42 Å². The molecule has 32 heavy (non-hydrogen) atoms. The fraction of sp³-hybridized carbons (Fsp3) is 0.458. The number of carbonyl (C=O) groups is 1. The molecule has 1 amide bonds. The van der Waals surface area contributed by atoms with Gasteiger partial charge in [0.1, 0.15) is 13.2 Å². The summed E-state index contributed by atoms with van der Waals surface area (Å²) < 4.78 is 38.7. The van der Waals surface area contributed by atoms with E-state index in [0.29, 0.717) is 50.6 Å². The number of carbonyl (C=O) groups excluding carboxylic acids is 1. The van der Waals surface area contributed by atoms with Gasteiger partial charge in [-0.2, -0.15) is 4.31 Å². The van der Waals surface area contributed by atoms with Crippen molar-refractivity contribution >= 4 is 15.9 Å². The number of fused-ring (bicyclic) bond motifs is 1. The fourth-order valence-corrected chi connectivity index (χ4v) is 5.74. The van der Waals surface area contributed by atoms with Gasteiger partial charge in [0, 0.05) is 25.1 Å². The first-order valence-electron chi connectivity index (χ1n) is 11.1. The molecule has 2 heterocycles. The molecule has 0 bridgehead atoms. The van der Waals surface area contributed by atoms with Gasteiger partial charge in [-0.3, -0.25) is 4.79 Å². The molecule has 1 N–H and O–H groups in total. The minimum atomic E-state index is -3.66. The maximum absolute atomic E-state index is 13.1. The number of nitrogens with zero attached hydrogens (tertiary/aromatic N) is 1. The Morgan fingerprint density at radius 1 is 1.00 bits per heavy atom. The lowest BCUT2D eigenvalue weighted by atomic mass is 9.93. The second kappa shape index (κ2) is 9.50. The van der Waals surface area contributed by atoms with Crippen LogP contribution in [0.15, 0.2) is 53.4 Å². The van der Waals surface area contributed by atoms with Crippen molar-refractivity contribution < 1.29 is 22.7 Å². The third-order valence-corrected chi connectivity index (χ3v) is 7.99. The third kappa shape index (κ3) is 4.76. The fourth-order valence-electron chi connectivity index (χ4n) is 4.26. The van der Waals surface area contributed by atoms with E-state index in [-0.39, 0.29) is 28.7 Å². The van der Waals surface area contributed by atoms with E-state index in [0.717, 1.165) is 5.56 Å². The van der Waals surface area contributed by atoms with Gasteiger partial charge in [0.15, 0.2) is 11.5 Å². The Hall–Kier alpha value is -2.58. The van der Waals surface area contributed by atoms with E-state index < -0.39 is 10.0 Å². The van der Waals surface area contributed by atoms with Gasteiger partial charge in [-0.1, -0.05) is 44.2 Å². The zero-order chi connectivity index (χ0) is 22.7. The molecule has 8 heteroatoms. The molecule has 0 aliphatic carbocycles. The summed E-state index contributed by atoms with van der Waals surface area (Å²) >= 11 is 0. The second-order valence-electron chi connectivity index (χ2n) is 8.62. The van der Waals surface area contributed by atoms with Crippen LogP contribution < -0.4 is 14.8 Å². The van der Waals surface area contributed by atoms with E-state index in [1.54, 1.807) is 12.1 Å². The van der Waals surface area contributed by atoms with Crippen molar-refractivity contribution in [2.45, 2.75) is 37.6 Å². The van der Waals surface area contributed by atoms with Crippen LogP contribution in [0.1, 0.15) is 38.3 Å². The summed E-state index contributed by atoms with van der Waals surface area (Å²) in [6.07, 6.45) is 0.991. The Bertz CT molecular complexity index is 1050. The SMILES string of the molecule is CC(C)C(NC(=O)C1CCN(S(=O)(=O)c2ccc3c(c2)OCCO3)CC1)c1ccccc1. The molecular weight excluding hydrogens is 428 g/mol. The molecule has 4 rings (SSSR count). The zero-order valence-electron chi connectivity index (χ0n) is 18.5. The Morgan fingerprint density at radius 3 is 2.31 bits per heavy atom. The summed E-state index contributed by atoms with van der Waals surface area (Å²) in [7, 11) is -3.66. The Kier molecular flexibility index (Phi) is 6.71. The van der Waals surface area contributed by atoms with E-state index in [1.165, 1.54) is 10.4 Å². The normalized spacial score (nSPS) is 18.3. The van der Waals surface area contributed by atoms with Crippen LogP contribution in [-0.2, 0) is 14.8 Å². The molecule has 2 aliphatic rings. The number of hydrogen-bond donors (Lipinski definition) is 1. The molecule has 0 radical (unpaired) electrons. The third-order valence-electron chi connectivity index (χ3n) is 6.10. The Balaban J connectivity index is 1.39. The number of sulfonamides is 1. The van der Waals surface area contributed by atoms with Crippen molar-refractivity contribution in [2.75, 3.05) is 26.3 Å². The quantitative estimate of drug-likeness (QED) is 0.717. The Labute approximate surface area is 189 Å². The van der Waals surface area contributed by atoms with Crippen molar-refractivity contribution in [1.82, 2.24) is 9.62 Å². The van der Waals surface area contributed by atoms with Crippen molar-refractivity contribution in [3.05, 3.63) is 54.1 Å². The zero-order valence-corrected chi connectivity index (χ0v) is 19.3. The van der Waals surface area contributed by atoms with Crippen molar-refractivity contribution in [3.63, 3.8) is 0 Å². The smallest absolute Gasteiger partial charge is 0.243 e. The lowest BCUT2D eigenvalue weighted by Crippen LogP contribution is -2.44. The Morgan fingerprint density at radius 2 is 1.66 bits per heavy atom. The van der Waals surface area contributed by atoms with Crippen molar-refractivity contribution in [3.8, 4) is 11.5 Å². The van der Waals surface area contributed by atoms with Gasteiger partial charge < -0.3 is 14.8 Å². The van der Waals surface area contributed by atoms with Gasteiger partial charge in [0.2, 0.25) is 15.9 Å². The first-order chi connectivity index (χ1) is 15.4. The van der Waals surface area contributed by atoms with E-state index in [1.807, 2.05) is 30.3 Å². The van der Waals surface area contributed by atoms with E-state index >= 15 is 0 Å². The molecule has 1 unspecified atom stereocenters. The summed E-state index contributed by atoms with van der Waals surface area (Å²) in [5, 5.41) is 3.18. The highest BCUT2D eigenvalue weighted by molar-refractivity contribution is 7.89. The van der Waals surface area contributed by atoms with Gasteiger partial charge in [-0.15, -0.1) is 0 Å². The number of nitrogens with one attached hydrogen (secondary N) is 1. The number of rotatable bonds is 6. The molecule has 1 saturated heterocycles. The highest BCUT2D eigenvalue weighted by Crippen LogP contribution is 2.34. The molecule has 1 fully saturated rings. The summed E-state index contributed by atoms with van der Waals surface area (Å²) in [6, 6.07) is 14.6. The number of hydrogen-bond acceptors (Lipinski definition) is 5. The summed E-state index contributed by atoms with van der Waals surface area (Å²) in [5.41, 5.74) is 1.08. The molecular formula is C24H30N2O5S. The van der Waals surface area contributed by atoms with Crippen molar-refractivity contribution in [2.24, 2.45) is 11.8 Å². The van der Waals surface area contributed by atoms with Crippen LogP contribution in [0.25, 0.3) is 0 Å². The molecule has 2 aliphatic heterocycles. The van der Waals surface area contributed by atoms with Gasteiger partial charge in [0.25, 0.3) is 0 Å². The molecule has 0 saturated carbocycles. The lowest BCUT2D eigenvalue weighted by Gasteiger charge is -2.32. The van der Waals surface area contributed by atoms with Crippen LogP contribution in [-0.4, -0.2) is 44.9 Å². The first-order valence-corrected chi connectivity index (χ1v) is 12.6. The molecule has 172 valence electrons. The predicted molar refractivity (Wildman–Crippen MR) is 121 cm³/mol. The minimum Gasteiger partial charge on any atom is -0.486 e. The average molecular weight is 459 g/mol. The van der Waals surface area contributed by atoms with Crippen LogP contribution >= 0.6 is 0 Å². The standard InChI is InChI=1S/C24H30N2O5S/c1-17(2)23(18-6-4-3-5-7-18)25-24(27)19-10-12-26(13-11-19)32(28,29)20-8-9-21-22(16-20)31-15-14-30-21/h3-9,16-17,19,23H,10-15H2,1-2H3,(H,25,27). The van der Waals surface area contributed by atoms with Crippen LogP contribution in [0.5, 0.6) is 11.5 Å². The number of benzene rings is 2. The monoisotopic (exact) mass is 458 g/mol. The second-order valence-corrected chi connectivity index (χ2v) is 10.6. The highest BCUT2D eigenvalue weighted by Gasteiger charge is 2.33. The minimum absolute atomic E-state index is 0.0102. The van der Waals surface area contributed by atoms with Crippen LogP contribution in [0.2, 0.25) is 0 Å². The van der Waals surface area contributed by atoms with Gasteiger partial charge in [-0.05, 0) is 36.5 Å². The summed E-state index contributed by atoms with van der Waals surface area (Å²) in [6.45, 7) is 5.65. The van der Waals surface area contributed by atoms with Gasteiger partial charge in [0.05, 0.1) is 10.9 Å². The largest absolute Gasteiger partial charge is 0.486 e. The number of amides is 1. The first kappa shape index (κ1) is 22.6. The predicted octanol–water partition coefficient (Wildman–Crippen LogP) is 3.37. The number of ether oxygens (including phenoxy) is 2. The summed E-state index contributed by atoms with van der Waals surface area (Å²) in [5.74, 6) is 1.04. The maximum atomic E-state index is 13.1.